The fraction of sp³-hybridized carbons (Fsp3) is 0.273. The second-order valence-corrected chi connectivity index (χ2v) is 4.18. The minimum absolute atomic E-state index is 0.218. The highest BCUT2D eigenvalue weighted by Crippen LogP contribution is 2.20. The van der Waals surface area contributed by atoms with E-state index in [1.165, 1.54) is 6.92 Å². The molecule has 2 amide bonds. The van der Waals surface area contributed by atoms with Crippen molar-refractivity contribution >= 4 is 41.7 Å². The number of hydrogen-bond donors (Lipinski definition) is 3. The highest BCUT2D eigenvalue weighted by molar-refractivity contribution is 7.80. The van der Waals surface area contributed by atoms with Gasteiger partial charge in [-0.15, -0.1) is 0 Å². The molecule has 17 heavy (non-hydrogen) atoms. The Morgan fingerprint density at radius 2 is 2.06 bits per heavy atom. The fourth-order valence-electron chi connectivity index (χ4n) is 1.22. The summed E-state index contributed by atoms with van der Waals surface area (Å²) in [6, 6.07) is 6.21. The number of nitrogens with one attached hydrogen (secondary N) is 2. The van der Waals surface area contributed by atoms with Crippen molar-refractivity contribution in [3.05, 3.63) is 29.3 Å². The summed E-state index contributed by atoms with van der Waals surface area (Å²) >= 11 is 9.91. The predicted molar refractivity (Wildman–Crippen MR) is 71.5 cm³/mol. The van der Waals surface area contributed by atoms with Crippen LogP contribution in [0, 0.1) is 0 Å². The summed E-state index contributed by atoms with van der Waals surface area (Å²) in [5.74, 6) is -0.405. The third kappa shape index (κ3) is 4.28. The van der Waals surface area contributed by atoms with Crippen LogP contribution in [0.3, 0.4) is 0 Å². The molecule has 0 spiro atoms. The third-order valence-corrected chi connectivity index (χ3v) is 2.70. The average molecular weight is 273 g/mol. The number of hydrogen-bond acceptors (Lipinski definition) is 3. The molecule has 0 fully saturated rings. The lowest BCUT2D eigenvalue weighted by Gasteiger charge is -2.15. The van der Waals surface area contributed by atoms with Crippen LogP contribution in [0.15, 0.2) is 24.3 Å². The zero-order valence-corrected chi connectivity index (χ0v) is 10.9. The maximum atomic E-state index is 11.8. The second-order valence-electron chi connectivity index (χ2n) is 3.40. The number of rotatable bonds is 4. The first-order valence-electron chi connectivity index (χ1n) is 4.98. The maximum absolute atomic E-state index is 11.8. The molecule has 1 atom stereocenters. The molecule has 1 unspecified atom stereocenters. The molecule has 6 heteroatoms. The summed E-state index contributed by atoms with van der Waals surface area (Å²) in [7, 11) is 0. The first-order chi connectivity index (χ1) is 8.04. The number of anilines is 1. The lowest BCUT2D eigenvalue weighted by molar-refractivity contribution is -0.124. The van der Waals surface area contributed by atoms with Crippen molar-refractivity contribution in [3.63, 3.8) is 0 Å². The number of para-hydroxylation sites is 1. The molecular formula is C11H13ClN2O2S. The van der Waals surface area contributed by atoms with Gasteiger partial charge in [0.2, 0.25) is 11.8 Å². The van der Waals surface area contributed by atoms with Gasteiger partial charge in [-0.2, -0.15) is 12.6 Å². The van der Waals surface area contributed by atoms with Crippen LogP contribution in [0.1, 0.15) is 6.92 Å². The van der Waals surface area contributed by atoms with E-state index >= 15 is 0 Å². The van der Waals surface area contributed by atoms with Gasteiger partial charge in [-0.25, -0.2) is 0 Å². The molecule has 0 saturated heterocycles. The molecule has 92 valence electrons. The zero-order chi connectivity index (χ0) is 12.8. The minimum Gasteiger partial charge on any atom is -0.344 e. The Kier molecular flexibility index (Phi) is 5.31. The minimum atomic E-state index is -0.674. The Hall–Kier alpha value is -1.20. The Morgan fingerprint density at radius 1 is 1.41 bits per heavy atom. The molecule has 4 nitrogen and oxygen atoms in total. The van der Waals surface area contributed by atoms with E-state index in [9.17, 15) is 9.59 Å². The zero-order valence-electron chi connectivity index (χ0n) is 9.24. The summed E-state index contributed by atoms with van der Waals surface area (Å²) in [5, 5.41) is 5.58. The molecule has 0 bridgehead atoms. The van der Waals surface area contributed by atoms with Crippen LogP contribution in [-0.4, -0.2) is 23.6 Å². The van der Waals surface area contributed by atoms with Crippen LogP contribution in [-0.2, 0) is 9.59 Å². The summed E-state index contributed by atoms with van der Waals surface area (Å²) < 4.78 is 0. The van der Waals surface area contributed by atoms with E-state index in [1.807, 2.05) is 0 Å². The van der Waals surface area contributed by atoms with Crippen LogP contribution in [0.5, 0.6) is 0 Å². The quantitative estimate of drug-likeness (QED) is 0.731. The van der Waals surface area contributed by atoms with Crippen LogP contribution in [0.4, 0.5) is 5.69 Å². The molecule has 0 aliphatic rings. The maximum Gasteiger partial charge on any atom is 0.247 e. The van der Waals surface area contributed by atoms with Gasteiger partial charge in [0.25, 0.3) is 0 Å². The number of benzene rings is 1. The van der Waals surface area contributed by atoms with Gasteiger partial charge in [-0.3, -0.25) is 9.59 Å². The van der Waals surface area contributed by atoms with Crippen LogP contribution in [0.2, 0.25) is 5.02 Å². The monoisotopic (exact) mass is 272 g/mol. The fourth-order valence-corrected chi connectivity index (χ4v) is 1.66. The molecule has 2 N–H and O–H groups in total. The molecule has 0 radical (unpaired) electrons. The van der Waals surface area contributed by atoms with E-state index in [-0.39, 0.29) is 17.6 Å². The lowest BCUT2D eigenvalue weighted by atomic mass is 10.2. The molecule has 0 aliphatic carbocycles. The first kappa shape index (κ1) is 13.9. The van der Waals surface area contributed by atoms with Gasteiger partial charge < -0.3 is 10.6 Å². The van der Waals surface area contributed by atoms with Crippen molar-refractivity contribution in [1.29, 1.82) is 0 Å². The van der Waals surface area contributed by atoms with E-state index in [0.717, 1.165) is 0 Å². The van der Waals surface area contributed by atoms with Gasteiger partial charge >= 0.3 is 0 Å². The van der Waals surface area contributed by atoms with E-state index < -0.39 is 6.04 Å². The smallest absolute Gasteiger partial charge is 0.247 e. The summed E-state index contributed by atoms with van der Waals surface area (Å²) in [6.45, 7) is 1.35. The van der Waals surface area contributed by atoms with Gasteiger partial charge in [-0.05, 0) is 12.1 Å². The highest BCUT2D eigenvalue weighted by atomic mass is 35.5. The number of halogens is 1. The van der Waals surface area contributed by atoms with Gasteiger partial charge in [0.15, 0.2) is 0 Å². The first-order valence-corrected chi connectivity index (χ1v) is 5.99. The van der Waals surface area contributed by atoms with Crippen molar-refractivity contribution in [2.24, 2.45) is 0 Å². The number of carbonyl (C=O) groups excluding carboxylic acids is 2. The SMILES string of the molecule is CC(=O)NC(CS)C(=O)Nc1ccccc1Cl. The van der Waals surface area contributed by atoms with Gasteiger partial charge in [0.05, 0.1) is 10.7 Å². The number of carbonyl (C=O) groups is 2. The topological polar surface area (TPSA) is 58.2 Å². The van der Waals surface area contributed by atoms with Crippen LogP contribution < -0.4 is 10.6 Å². The molecule has 1 rings (SSSR count). The summed E-state index contributed by atoms with van der Waals surface area (Å²) in [6.07, 6.45) is 0. The largest absolute Gasteiger partial charge is 0.344 e. The molecule has 0 saturated carbocycles. The lowest BCUT2D eigenvalue weighted by Crippen LogP contribution is -2.44. The Bertz CT molecular complexity index is 426. The third-order valence-electron chi connectivity index (χ3n) is 2.01. The average Bonchev–Trinajstić information content (AvgIpc) is 2.28. The standard InChI is InChI=1S/C11H13ClN2O2S/c1-7(15)13-10(6-17)11(16)14-9-5-3-2-4-8(9)12/h2-5,10,17H,6H2,1H3,(H,13,15)(H,14,16). The highest BCUT2D eigenvalue weighted by Gasteiger charge is 2.18. The molecule has 0 heterocycles. The Labute approximate surface area is 110 Å². The Morgan fingerprint density at radius 3 is 2.59 bits per heavy atom. The summed E-state index contributed by atoms with van der Waals surface area (Å²) in [4.78, 5) is 22.7. The molecular weight excluding hydrogens is 260 g/mol. The van der Waals surface area contributed by atoms with Crippen molar-refractivity contribution in [2.75, 3.05) is 11.1 Å². The Balaban J connectivity index is 2.71. The molecule has 0 aromatic heterocycles. The number of thiol groups is 1. The van der Waals surface area contributed by atoms with E-state index in [1.54, 1.807) is 24.3 Å². The summed E-state index contributed by atoms with van der Waals surface area (Å²) in [5.41, 5.74) is 0.510. The molecule has 0 aliphatic heterocycles. The predicted octanol–water partition coefficient (Wildman–Crippen LogP) is 1.71. The van der Waals surface area contributed by atoms with E-state index in [4.69, 9.17) is 11.6 Å². The van der Waals surface area contributed by atoms with E-state index in [2.05, 4.69) is 23.3 Å². The van der Waals surface area contributed by atoms with E-state index in [0.29, 0.717) is 10.7 Å². The van der Waals surface area contributed by atoms with Gasteiger partial charge in [0, 0.05) is 12.7 Å². The normalized spacial score (nSPS) is 11.7. The van der Waals surface area contributed by atoms with Crippen molar-refractivity contribution in [2.45, 2.75) is 13.0 Å². The number of amides is 2. The molecule has 1 aromatic carbocycles. The van der Waals surface area contributed by atoms with Crippen LogP contribution >= 0.6 is 24.2 Å². The molecule has 1 aromatic rings. The van der Waals surface area contributed by atoms with Gasteiger partial charge in [-0.1, -0.05) is 23.7 Å². The van der Waals surface area contributed by atoms with Crippen LogP contribution in [0.25, 0.3) is 0 Å². The van der Waals surface area contributed by atoms with Gasteiger partial charge in [0.1, 0.15) is 6.04 Å². The van der Waals surface area contributed by atoms with Crippen molar-refractivity contribution in [1.82, 2.24) is 5.32 Å². The van der Waals surface area contributed by atoms with Crippen molar-refractivity contribution < 1.29 is 9.59 Å². The van der Waals surface area contributed by atoms with Crippen molar-refractivity contribution in [3.8, 4) is 0 Å². The second kappa shape index (κ2) is 6.51.